The predicted octanol–water partition coefficient (Wildman–Crippen LogP) is 1.99. The zero-order chi connectivity index (χ0) is 28.7. The molecule has 0 spiro atoms. The summed E-state index contributed by atoms with van der Waals surface area (Å²) in [7, 11) is 0. The van der Waals surface area contributed by atoms with Crippen LogP contribution in [0.2, 0.25) is 0 Å². The monoisotopic (exact) mass is 591 g/mol. The Morgan fingerprint density at radius 3 is 2.60 bits per heavy atom. The molecular weight excluding hydrogens is 561 g/mol. The van der Waals surface area contributed by atoms with E-state index in [2.05, 4.69) is 20.9 Å². The first-order valence-electron chi connectivity index (χ1n) is 14.5. The maximum Gasteiger partial charge on any atom is 0.255 e. The fourth-order valence-electron chi connectivity index (χ4n) is 7.26. The first-order chi connectivity index (χ1) is 20.3. The molecule has 218 valence electrons. The van der Waals surface area contributed by atoms with Crippen LogP contribution < -0.4 is 5.32 Å². The Morgan fingerprint density at radius 2 is 1.86 bits per heavy atom. The van der Waals surface area contributed by atoms with E-state index in [1.165, 1.54) is 4.90 Å². The summed E-state index contributed by atoms with van der Waals surface area (Å²) >= 11 is -0.833. The van der Waals surface area contributed by atoms with Gasteiger partial charge in [0.05, 0.1) is 25.5 Å². The van der Waals surface area contributed by atoms with Crippen molar-refractivity contribution in [2.24, 2.45) is 11.8 Å². The van der Waals surface area contributed by atoms with E-state index in [-0.39, 0.29) is 42.5 Å². The SMILES string of the molecule is O=C1CCC(N2Cc3c(ccc(-c4cc(CN5CC6COCC6C5)c5ccn(C6C[S+]([O-])C6)c5n4)c3F)C2=O)C(=O)N1. The third-order valence-electron chi connectivity index (χ3n) is 9.56. The highest BCUT2D eigenvalue weighted by atomic mass is 32.2. The van der Waals surface area contributed by atoms with E-state index in [0.29, 0.717) is 41.1 Å². The van der Waals surface area contributed by atoms with Crippen molar-refractivity contribution in [2.45, 2.75) is 38.0 Å². The van der Waals surface area contributed by atoms with Gasteiger partial charge in [0.2, 0.25) is 11.8 Å². The standard InChI is InChI=1S/C30H30FN5O5S/c31-27-22(2-1-21-23(27)11-36(30(21)39)25-3-4-26(37)33-29(25)38)24-7-16(8-34-9-17-12-41-13-18(17)10-34)20-5-6-35(28(20)32-24)19-14-42(40)15-19/h1-2,5-7,17-19,25H,3-4,8-15H2,(H,33,37,38). The van der Waals surface area contributed by atoms with E-state index < -0.39 is 34.8 Å². The number of hydrogen-bond donors (Lipinski definition) is 1. The molecule has 7 heterocycles. The number of benzene rings is 1. The molecule has 0 aliphatic carbocycles. The smallest absolute Gasteiger partial charge is 0.255 e. The molecule has 0 saturated carbocycles. The lowest BCUT2D eigenvalue weighted by Gasteiger charge is -2.30. The Morgan fingerprint density at radius 1 is 1.10 bits per heavy atom. The summed E-state index contributed by atoms with van der Waals surface area (Å²) in [6, 6.07) is 6.50. The van der Waals surface area contributed by atoms with Crippen molar-refractivity contribution in [3.63, 3.8) is 0 Å². The summed E-state index contributed by atoms with van der Waals surface area (Å²) in [5.74, 6) is 0.395. The van der Waals surface area contributed by atoms with E-state index in [0.717, 1.165) is 42.9 Å². The number of nitrogens with zero attached hydrogens (tertiary/aromatic N) is 4. The molecule has 4 fully saturated rings. The van der Waals surface area contributed by atoms with Crippen LogP contribution in [-0.4, -0.2) is 85.5 Å². The number of imide groups is 1. The molecule has 4 saturated heterocycles. The zero-order valence-corrected chi connectivity index (χ0v) is 23.7. The molecule has 8 rings (SSSR count). The van der Waals surface area contributed by atoms with E-state index in [9.17, 15) is 18.9 Å². The van der Waals surface area contributed by atoms with Gasteiger partial charge in [0.25, 0.3) is 5.91 Å². The van der Waals surface area contributed by atoms with Crippen LogP contribution in [0.15, 0.2) is 30.5 Å². The number of fused-ring (bicyclic) bond motifs is 3. The molecule has 3 unspecified atom stereocenters. The van der Waals surface area contributed by atoms with Crippen molar-refractivity contribution in [2.75, 3.05) is 37.8 Å². The molecule has 0 radical (unpaired) electrons. The quantitative estimate of drug-likeness (QED) is 0.356. The van der Waals surface area contributed by atoms with E-state index in [1.807, 2.05) is 12.3 Å². The molecule has 5 aliphatic rings. The number of carbonyl (C=O) groups excluding carboxylic acids is 3. The molecule has 1 aromatic carbocycles. The van der Waals surface area contributed by atoms with Gasteiger partial charge in [-0.1, -0.05) is 0 Å². The topological polar surface area (TPSA) is 120 Å². The number of aromatic nitrogens is 2. The summed E-state index contributed by atoms with van der Waals surface area (Å²) in [5, 5.41) is 3.29. The van der Waals surface area contributed by atoms with E-state index in [1.54, 1.807) is 12.1 Å². The van der Waals surface area contributed by atoms with Crippen molar-refractivity contribution in [1.82, 2.24) is 24.7 Å². The largest absolute Gasteiger partial charge is 0.616 e. The van der Waals surface area contributed by atoms with Gasteiger partial charge in [0.1, 0.15) is 35.1 Å². The Labute approximate surface area is 244 Å². The fraction of sp³-hybridized carbons (Fsp3) is 0.467. The van der Waals surface area contributed by atoms with Crippen LogP contribution in [0.4, 0.5) is 4.39 Å². The zero-order valence-electron chi connectivity index (χ0n) is 22.9. The Hall–Kier alpha value is -3.32. The molecule has 0 bridgehead atoms. The van der Waals surface area contributed by atoms with Crippen molar-refractivity contribution in [3.05, 3.63) is 53.0 Å². The van der Waals surface area contributed by atoms with Crippen LogP contribution in [0, 0.1) is 17.7 Å². The number of likely N-dealkylation sites (tertiary alicyclic amines) is 1. The van der Waals surface area contributed by atoms with Gasteiger partial charge in [0.15, 0.2) is 0 Å². The van der Waals surface area contributed by atoms with Gasteiger partial charge < -0.3 is 18.8 Å². The van der Waals surface area contributed by atoms with Crippen LogP contribution >= 0.6 is 0 Å². The molecule has 1 N–H and O–H groups in total. The van der Waals surface area contributed by atoms with Gasteiger partial charge in [0, 0.05) is 66.2 Å². The van der Waals surface area contributed by atoms with Gasteiger partial charge in [-0.2, -0.15) is 0 Å². The minimum absolute atomic E-state index is 0.0435. The maximum atomic E-state index is 16.3. The predicted molar refractivity (Wildman–Crippen MR) is 151 cm³/mol. The lowest BCUT2D eigenvalue weighted by atomic mass is 10.0. The van der Waals surface area contributed by atoms with Crippen molar-refractivity contribution >= 4 is 39.9 Å². The second kappa shape index (κ2) is 9.87. The first-order valence-corrected chi connectivity index (χ1v) is 15.9. The number of nitrogens with one attached hydrogen (secondary N) is 1. The average Bonchev–Trinajstić information content (AvgIpc) is 3.71. The van der Waals surface area contributed by atoms with Gasteiger partial charge >= 0.3 is 0 Å². The number of amides is 3. The molecule has 3 amide bonds. The van der Waals surface area contributed by atoms with Gasteiger partial charge in [-0.05, 0) is 47.4 Å². The summed E-state index contributed by atoms with van der Waals surface area (Å²) in [6.45, 7) is 4.16. The highest BCUT2D eigenvalue weighted by molar-refractivity contribution is 7.92. The van der Waals surface area contributed by atoms with Crippen LogP contribution in [-0.2, 0) is 38.6 Å². The van der Waals surface area contributed by atoms with Crippen LogP contribution in [0.1, 0.15) is 40.4 Å². The molecule has 3 aromatic rings. The molecule has 5 aliphatic heterocycles. The Kier molecular flexibility index (Phi) is 6.18. The summed E-state index contributed by atoms with van der Waals surface area (Å²) < 4.78 is 35.9. The van der Waals surface area contributed by atoms with Crippen molar-refractivity contribution < 1.29 is 28.1 Å². The normalized spacial score (nSPS) is 29.2. The number of halogens is 1. The Balaban J connectivity index is 1.16. The number of rotatable bonds is 5. The lowest BCUT2D eigenvalue weighted by molar-refractivity contribution is -0.136. The van der Waals surface area contributed by atoms with Crippen molar-refractivity contribution in [3.8, 4) is 11.3 Å². The third-order valence-corrected chi connectivity index (χ3v) is 11.1. The summed E-state index contributed by atoms with van der Waals surface area (Å²) in [4.78, 5) is 46.1. The summed E-state index contributed by atoms with van der Waals surface area (Å²) in [6.07, 6.45) is 2.35. The highest BCUT2D eigenvalue weighted by Crippen LogP contribution is 2.38. The maximum absolute atomic E-state index is 16.3. The highest BCUT2D eigenvalue weighted by Gasteiger charge is 2.41. The van der Waals surface area contributed by atoms with Gasteiger partial charge in [-0.15, -0.1) is 0 Å². The van der Waals surface area contributed by atoms with Gasteiger partial charge in [-0.25, -0.2) is 9.37 Å². The molecule has 2 aromatic heterocycles. The van der Waals surface area contributed by atoms with E-state index >= 15 is 4.39 Å². The number of piperidine rings is 1. The molecule has 12 heteroatoms. The number of hydrogen-bond acceptors (Lipinski definition) is 7. The number of carbonyl (C=O) groups is 3. The minimum Gasteiger partial charge on any atom is -0.616 e. The average molecular weight is 592 g/mol. The lowest BCUT2D eigenvalue weighted by Crippen LogP contribution is -2.52. The van der Waals surface area contributed by atoms with Crippen molar-refractivity contribution in [1.29, 1.82) is 0 Å². The second-order valence-electron chi connectivity index (χ2n) is 12.2. The third kappa shape index (κ3) is 4.18. The summed E-state index contributed by atoms with van der Waals surface area (Å²) in [5.41, 5.74) is 3.04. The molecule has 3 atom stereocenters. The second-order valence-corrected chi connectivity index (χ2v) is 13.7. The van der Waals surface area contributed by atoms with Crippen LogP contribution in [0.5, 0.6) is 0 Å². The van der Waals surface area contributed by atoms with Gasteiger partial charge in [-0.3, -0.25) is 24.6 Å². The molecular formula is C30H30FN5O5S. The molecule has 10 nitrogen and oxygen atoms in total. The van der Waals surface area contributed by atoms with Crippen LogP contribution in [0.25, 0.3) is 22.3 Å². The Bertz CT molecular complexity index is 1640. The first kappa shape index (κ1) is 26.3. The minimum atomic E-state index is -0.833. The number of ether oxygens (including phenoxy) is 1. The number of pyridine rings is 1. The molecule has 42 heavy (non-hydrogen) atoms. The van der Waals surface area contributed by atoms with Crippen LogP contribution in [0.3, 0.4) is 0 Å². The fourth-order valence-corrected chi connectivity index (χ4v) is 8.34. The van der Waals surface area contributed by atoms with E-state index in [4.69, 9.17) is 9.72 Å².